The molecule has 1 aromatic heterocycles. The van der Waals surface area contributed by atoms with Crippen molar-refractivity contribution in [2.24, 2.45) is 23.7 Å². The lowest BCUT2D eigenvalue weighted by molar-refractivity contribution is -0.0399. The molecule has 57 heavy (non-hydrogen) atoms. The minimum atomic E-state index is 0.158. The molecule has 2 nitrogen and oxygen atoms in total. The highest BCUT2D eigenvalue weighted by molar-refractivity contribution is 6.22. The van der Waals surface area contributed by atoms with Gasteiger partial charge in [0, 0.05) is 16.2 Å². The Hall–Kier alpha value is -6.12. The Morgan fingerprint density at radius 1 is 0.439 bits per heavy atom. The first kappa shape index (κ1) is 32.0. The van der Waals surface area contributed by atoms with Crippen molar-refractivity contribution in [3.05, 3.63) is 163 Å². The Morgan fingerprint density at radius 2 is 0.930 bits per heavy atom. The highest BCUT2D eigenvalue weighted by atomic mass is 16.5. The van der Waals surface area contributed by atoms with Gasteiger partial charge in [0.1, 0.15) is 16.9 Å². The summed E-state index contributed by atoms with van der Waals surface area (Å²) in [6.45, 7) is 0. The van der Waals surface area contributed by atoms with Crippen LogP contribution in [-0.4, -0.2) is 7.11 Å². The van der Waals surface area contributed by atoms with E-state index in [1.807, 2.05) is 0 Å². The minimum absolute atomic E-state index is 0.158. The quantitative estimate of drug-likeness (QED) is 0.168. The van der Waals surface area contributed by atoms with E-state index in [2.05, 4.69) is 152 Å². The van der Waals surface area contributed by atoms with E-state index in [0.29, 0.717) is 0 Å². The smallest absolute Gasteiger partial charge is 0.135 e. The number of ether oxygens (including phenoxy) is 1. The number of furan rings is 1. The van der Waals surface area contributed by atoms with Gasteiger partial charge in [0.05, 0.1) is 7.11 Å². The van der Waals surface area contributed by atoms with Crippen molar-refractivity contribution in [1.82, 2.24) is 0 Å². The van der Waals surface area contributed by atoms with E-state index in [9.17, 15) is 0 Å². The Bertz CT molecular complexity index is 3040. The van der Waals surface area contributed by atoms with Gasteiger partial charge >= 0.3 is 0 Å². The van der Waals surface area contributed by atoms with Gasteiger partial charge in [0.15, 0.2) is 0 Å². The number of benzene rings is 8. The van der Waals surface area contributed by atoms with Crippen molar-refractivity contribution in [2.45, 2.75) is 37.5 Å². The van der Waals surface area contributed by atoms with Crippen LogP contribution in [-0.2, 0) is 5.41 Å². The summed E-state index contributed by atoms with van der Waals surface area (Å²) < 4.78 is 12.1. The van der Waals surface area contributed by atoms with Gasteiger partial charge in [-0.25, -0.2) is 0 Å². The second-order valence-corrected chi connectivity index (χ2v) is 17.6. The molecule has 0 saturated heterocycles. The summed E-state index contributed by atoms with van der Waals surface area (Å²) in [6, 6.07) is 56.7. The minimum Gasteiger partial charge on any atom is -0.497 e. The molecule has 5 aliphatic carbocycles. The highest BCUT2D eigenvalue weighted by Crippen LogP contribution is 2.69. The van der Waals surface area contributed by atoms with Crippen LogP contribution in [0.25, 0.3) is 88.0 Å². The molecular formula is C55H42O2. The van der Waals surface area contributed by atoms with E-state index < -0.39 is 0 Å². The van der Waals surface area contributed by atoms with Gasteiger partial charge in [-0.2, -0.15) is 0 Å². The average Bonchev–Trinajstić information content (AvgIpc) is 3.77. The van der Waals surface area contributed by atoms with E-state index >= 15 is 0 Å². The van der Waals surface area contributed by atoms with Crippen molar-refractivity contribution in [3.63, 3.8) is 0 Å². The van der Waals surface area contributed by atoms with E-state index in [1.54, 1.807) is 18.2 Å². The summed E-state index contributed by atoms with van der Waals surface area (Å²) in [5, 5.41) is 7.29. The van der Waals surface area contributed by atoms with Crippen LogP contribution in [0.4, 0.5) is 0 Å². The molecule has 4 fully saturated rings. The van der Waals surface area contributed by atoms with Crippen LogP contribution in [0.3, 0.4) is 0 Å². The number of rotatable bonds is 4. The molecule has 0 amide bonds. The predicted octanol–water partition coefficient (Wildman–Crippen LogP) is 14.6. The van der Waals surface area contributed by atoms with E-state index in [1.165, 1.54) is 104 Å². The topological polar surface area (TPSA) is 22.4 Å². The van der Waals surface area contributed by atoms with Crippen molar-refractivity contribution >= 4 is 43.5 Å². The summed E-state index contributed by atoms with van der Waals surface area (Å²) >= 11 is 0. The third kappa shape index (κ3) is 4.36. The van der Waals surface area contributed by atoms with Crippen LogP contribution >= 0.6 is 0 Å². The van der Waals surface area contributed by atoms with Crippen LogP contribution in [0.15, 0.2) is 156 Å². The molecule has 0 radical (unpaired) electrons. The lowest BCUT2D eigenvalue weighted by Gasteiger charge is -2.61. The number of hydrogen-bond donors (Lipinski definition) is 0. The van der Waals surface area contributed by atoms with Gasteiger partial charge < -0.3 is 9.15 Å². The standard InChI is InChI=1S/C55H42O2/c1-56-40-19-14-34(15-20-40)53-43-9-2-4-11-45(43)54(46-12-5-3-10-44(46)53)37-18-23-52-48(30-37)47-29-35(17-22-51(47)57-52)36-16-21-42-41-8-6-7-13-49(41)55(50(42)31-36)38-25-32-24-33(27-38)28-39(55)26-32/h2-23,29-33,38-39H,24-28H2,1H3. The molecule has 0 N–H and O–H groups in total. The molecule has 0 atom stereocenters. The third-order valence-corrected chi connectivity index (χ3v) is 15.0. The number of fused-ring (bicyclic) bond motifs is 8. The van der Waals surface area contributed by atoms with Crippen LogP contribution in [0.2, 0.25) is 0 Å². The van der Waals surface area contributed by atoms with Gasteiger partial charge in [-0.3, -0.25) is 0 Å². The summed E-state index contributed by atoms with van der Waals surface area (Å²) in [5.74, 6) is 4.23. The lowest BCUT2D eigenvalue weighted by atomic mass is 9.43. The largest absolute Gasteiger partial charge is 0.497 e. The van der Waals surface area contributed by atoms with Crippen molar-refractivity contribution in [1.29, 1.82) is 0 Å². The molecular weight excluding hydrogens is 693 g/mol. The van der Waals surface area contributed by atoms with Gasteiger partial charge in [0.25, 0.3) is 0 Å². The first-order valence-corrected chi connectivity index (χ1v) is 20.9. The van der Waals surface area contributed by atoms with Crippen LogP contribution in [0, 0.1) is 23.7 Å². The molecule has 2 heteroatoms. The number of hydrogen-bond acceptors (Lipinski definition) is 2. The maximum Gasteiger partial charge on any atom is 0.135 e. The monoisotopic (exact) mass is 734 g/mol. The second kappa shape index (κ2) is 11.7. The predicted molar refractivity (Wildman–Crippen MR) is 235 cm³/mol. The van der Waals surface area contributed by atoms with Crippen LogP contribution in [0.5, 0.6) is 5.75 Å². The third-order valence-electron chi connectivity index (χ3n) is 15.0. The Kier molecular flexibility index (Phi) is 6.58. The molecule has 8 aromatic carbocycles. The first-order chi connectivity index (χ1) is 28.2. The van der Waals surface area contributed by atoms with E-state index in [0.717, 1.165) is 46.0 Å². The van der Waals surface area contributed by atoms with Crippen molar-refractivity contribution in [3.8, 4) is 50.3 Å². The summed E-state index contributed by atoms with van der Waals surface area (Å²) in [7, 11) is 1.72. The molecule has 5 aliphatic rings. The average molecular weight is 735 g/mol. The summed E-state index contributed by atoms with van der Waals surface area (Å²) in [5.41, 5.74) is 15.6. The van der Waals surface area contributed by atoms with Crippen molar-refractivity contribution < 1.29 is 9.15 Å². The number of methoxy groups -OCH3 is 1. The summed E-state index contributed by atoms with van der Waals surface area (Å²) in [4.78, 5) is 0. The molecule has 9 aromatic rings. The van der Waals surface area contributed by atoms with Crippen LogP contribution in [0.1, 0.15) is 43.2 Å². The fraction of sp³-hybridized carbons (Fsp3) is 0.200. The van der Waals surface area contributed by atoms with Gasteiger partial charge in [-0.15, -0.1) is 0 Å². The molecule has 0 unspecified atom stereocenters. The zero-order valence-corrected chi connectivity index (χ0v) is 32.1. The zero-order valence-electron chi connectivity index (χ0n) is 32.1. The molecule has 1 spiro atoms. The maximum atomic E-state index is 6.57. The van der Waals surface area contributed by atoms with Gasteiger partial charge in [-0.1, -0.05) is 109 Å². The molecule has 4 bridgehead atoms. The molecule has 1 heterocycles. The molecule has 274 valence electrons. The Labute approximate surface area is 332 Å². The Morgan fingerprint density at radius 3 is 1.56 bits per heavy atom. The van der Waals surface area contributed by atoms with Gasteiger partial charge in [-0.05, 0) is 175 Å². The summed E-state index contributed by atoms with van der Waals surface area (Å²) in [6.07, 6.45) is 7.06. The zero-order chi connectivity index (χ0) is 37.4. The second-order valence-electron chi connectivity index (χ2n) is 17.6. The fourth-order valence-corrected chi connectivity index (χ4v) is 13.0. The first-order valence-electron chi connectivity index (χ1n) is 20.9. The van der Waals surface area contributed by atoms with Crippen molar-refractivity contribution in [2.75, 3.05) is 7.11 Å². The lowest BCUT2D eigenvalue weighted by Crippen LogP contribution is -2.55. The van der Waals surface area contributed by atoms with E-state index in [-0.39, 0.29) is 5.41 Å². The molecule has 14 rings (SSSR count). The van der Waals surface area contributed by atoms with Gasteiger partial charge in [0.2, 0.25) is 0 Å². The molecule has 4 saturated carbocycles. The highest BCUT2D eigenvalue weighted by Gasteiger charge is 2.61. The van der Waals surface area contributed by atoms with Crippen LogP contribution < -0.4 is 4.74 Å². The molecule has 0 aliphatic heterocycles. The normalized spacial score (nSPS) is 22.9. The van der Waals surface area contributed by atoms with E-state index in [4.69, 9.17) is 9.15 Å². The maximum absolute atomic E-state index is 6.57. The fourth-order valence-electron chi connectivity index (χ4n) is 13.0. The SMILES string of the molecule is COc1ccc(-c2c3ccccc3c(-c3ccc4oc5ccc(-c6ccc7c(c6)C6(c8ccccc8-7)C7CC8CC(C7)CC6C8)cc5c4c3)c3ccccc23)cc1. The Balaban J connectivity index is 0.974.